The maximum Gasteiger partial charge on any atom is 0.224 e. The number of aryl methyl sites for hydroxylation is 1. The average molecular weight is 442 g/mol. The minimum atomic E-state index is -1.20. The number of aliphatic imine (C=N–C) groups is 1. The van der Waals surface area contributed by atoms with Crippen LogP contribution in [0.25, 0.3) is 0 Å². The first-order valence-electron chi connectivity index (χ1n) is 11.3. The molecule has 1 aromatic carbocycles. The highest BCUT2D eigenvalue weighted by molar-refractivity contribution is 5.81. The van der Waals surface area contributed by atoms with Gasteiger partial charge < -0.3 is 30.0 Å². The highest BCUT2D eigenvalue weighted by Gasteiger charge is 2.27. The summed E-state index contributed by atoms with van der Waals surface area (Å²) in [5.41, 5.74) is -0.00134. The van der Waals surface area contributed by atoms with Crippen molar-refractivity contribution in [3.63, 3.8) is 0 Å². The molecule has 2 heterocycles. The summed E-state index contributed by atoms with van der Waals surface area (Å²) in [5, 5.41) is 17.0. The van der Waals surface area contributed by atoms with Crippen LogP contribution < -0.4 is 15.5 Å². The van der Waals surface area contributed by atoms with Gasteiger partial charge in [-0.2, -0.15) is 0 Å². The Hall–Kier alpha value is -3.00. The van der Waals surface area contributed by atoms with Crippen molar-refractivity contribution < 1.29 is 14.3 Å². The molecule has 1 atom stereocenters. The van der Waals surface area contributed by atoms with Gasteiger partial charge in [-0.15, -0.1) is 0 Å². The van der Waals surface area contributed by atoms with E-state index in [9.17, 15) is 9.90 Å². The van der Waals surface area contributed by atoms with Gasteiger partial charge in [-0.3, -0.25) is 4.79 Å². The average Bonchev–Trinajstić information content (AvgIpc) is 3.25. The van der Waals surface area contributed by atoms with Crippen LogP contribution in [0, 0.1) is 6.92 Å². The molecule has 1 aliphatic heterocycles. The molecule has 1 fully saturated rings. The summed E-state index contributed by atoms with van der Waals surface area (Å²) in [7, 11) is 0. The fourth-order valence-corrected chi connectivity index (χ4v) is 3.68. The van der Waals surface area contributed by atoms with E-state index in [0.29, 0.717) is 31.2 Å². The normalized spacial score (nSPS) is 16.6. The maximum atomic E-state index is 12.6. The first kappa shape index (κ1) is 23.7. The third-order valence-corrected chi connectivity index (χ3v) is 5.55. The summed E-state index contributed by atoms with van der Waals surface area (Å²) in [6.45, 7) is 9.94. The zero-order chi connectivity index (χ0) is 23.0. The number of guanidine groups is 1. The molecule has 1 aromatic heterocycles. The number of hydrogen-bond donors (Lipinski definition) is 3. The van der Waals surface area contributed by atoms with E-state index in [4.69, 9.17) is 4.42 Å². The Morgan fingerprint density at radius 2 is 1.84 bits per heavy atom. The summed E-state index contributed by atoms with van der Waals surface area (Å²) in [6.07, 6.45) is 0.392. The fraction of sp³-hybridized carbons (Fsp3) is 0.500. The smallest absolute Gasteiger partial charge is 0.224 e. The van der Waals surface area contributed by atoms with Gasteiger partial charge >= 0.3 is 0 Å². The Bertz CT molecular complexity index is 886. The van der Waals surface area contributed by atoms with E-state index in [1.807, 2.05) is 43.0 Å². The van der Waals surface area contributed by atoms with E-state index in [2.05, 4.69) is 32.7 Å². The lowest BCUT2D eigenvalue weighted by Crippen LogP contribution is -2.49. The van der Waals surface area contributed by atoms with Crippen LogP contribution in [0.15, 0.2) is 51.9 Å². The number of para-hydroxylation sites is 1. The third-order valence-electron chi connectivity index (χ3n) is 5.55. The molecule has 8 nitrogen and oxygen atoms in total. The van der Waals surface area contributed by atoms with Crippen LogP contribution in [0.3, 0.4) is 0 Å². The van der Waals surface area contributed by atoms with Crippen molar-refractivity contribution in [2.75, 3.05) is 50.7 Å². The van der Waals surface area contributed by atoms with Gasteiger partial charge in [0.25, 0.3) is 0 Å². The Labute approximate surface area is 190 Å². The van der Waals surface area contributed by atoms with Crippen molar-refractivity contribution in [1.29, 1.82) is 0 Å². The number of benzene rings is 1. The van der Waals surface area contributed by atoms with Gasteiger partial charge in [-0.25, -0.2) is 4.99 Å². The first-order chi connectivity index (χ1) is 15.4. The third kappa shape index (κ3) is 6.50. The zero-order valence-electron chi connectivity index (χ0n) is 19.3. The van der Waals surface area contributed by atoms with E-state index < -0.39 is 5.60 Å². The number of piperazine rings is 1. The SMILES string of the molecule is CCNC(=NCC(C)(O)c1ccc(C)o1)NCCC(=O)N1CCN(c2ccccc2)CC1. The number of hydrogen-bond acceptors (Lipinski definition) is 5. The topological polar surface area (TPSA) is 93.3 Å². The molecule has 0 bridgehead atoms. The van der Waals surface area contributed by atoms with Crippen molar-refractivity contribution in [2.24, 2.45) is 4.99 Å². The van der Waals surface area contributed by atoms with Crippen molar-refractivity contribution in [1.82, 2.24) is 15.5 Å². The fourth-order valence-electron chi connectivity index (χ4n) is 3.68. The zero-order valence-corrected chi connectivity index (χ0v) is 19.3. The summed E-state index contributed by atoms with van der Waals surface area (Å²) in [4.78, 5) is 21.4. The second-order valence-corrected chi connectivity index (χ2v) is 8.26. The Kier molecular flexibility index (Phi) is 8.16. The lowest BCUT2D eigenvalue weighted by molar-refractivity contribution is -0.131. The highest BCUT2D eigenvalue weighted by atomic mass is 16.4. The largest absolute Gasteiger partial charge is 0.463 e. The van der Waals surface area contributed by atoms with Crippen molar-refractivity contribution in [2.45, 2.75) is 32.8 Å². The molecular weight excluding hydrogens is 406 g/mol. The maximum absolute atomic E-state index is 12.6. The minimum Gasteiger partial charge on any atom is -0.463 e. The van der Waals surface area contributed by atoms with E-state index in [1.165, 1.54) is 5.69 Å². The quantitative estimate of drug-likeness (QED) is 0.429. The number of anilines is 1. The molecule has 0 radical (unpaired) electrons. The number of furan rings is 1. The predicted molar refractivity (Wildman–Crippen MR) is 127 cm³/mol. The molecule has 1 aliphatic rings. The van der Waals surface area contributed by atoms with Gasteiger partial charge in [0.1, 0.15) is 17.1 Å². The van der Waals surface area contributed by atoms with Crippen LogP contribution in [-0.4, -0.2) is 67.7 Å². The summed E-state index contributed by atoms with van der Waals surface area (Å²) < 4.78 is 5.54. The van der Waals surface area contributed by atoms with Crippen LogP contribution in [0.1, 0.15) is 31.8 Å². The summed E-state index contributed by atoms with van der Waals surface area (Å²) in [5.74, 6) is 1.94. The molecule has 0 aliphatic carbocycles. The van der Waals surface area contributed by atoms with Crippen molar-refractivity contribution >= 4 is 17.6 Å². The minimum absolute atomic E-state index is 0.138. The summed E-state index contributed by atoms with van der Waals surface area (Å²) in [6, 6.07) is 13.9. The first-order valence-corrected chi connectivity index (χ1v) is 11.3. The van der Waals surface area contributed by atoms with Crippen LogP contribution in [0.2, 0.25) is 0 Å². The molecule has 2 aromatic rings. The lowest BCUT2D eigenvalue weighted by Gasteiger charge is -2.36. The van der Waals surface area contributed by atoms with Crippen LogP contribution in [0.4, 0.5) is 5.69 Å². The lowest BCUT2D eigenvalue weighted by atomic mass is 10.0. The molecule has 1 saturated heterocycles. The summed E-state index contributed by atoms with van der Waals surface area (Å²) >= 11 is 0. The van der Waals surface area contributed by atoms with E-state index in [-0.39, 0.29) is 12.5 Å². The van der Waals surface area contributed by atoms with E-state index in [0.717, 1.165) is 31.9 Å². The van der Waals surface area contributed by atoms with Gasteiger partial charge in [-0.1, -0.05) is 18.2 Å². The highest BCUT2D eigenvalue weighted by Crippen LogP contribution is 2.23. The van der Waals surface area contributed by atoms with Crippen LogP contribution in [0.5, 0.6) is 0 Å². The Balaban J connectivity index is 1.45. The second kappa shape index (κ2) is 11.0. The van der Waals surface area contributed by atoms with Gasteiger partial charge in [0.05, 0.1) is 6.54 Å². The van der Waals surface area contributed by atoms with Gasteiger partial charge in [0.2, 0.25) is 5.91 Å². The van der Waals surface area contributed by atoms with Gasteiger partial charge in [0, 0.05) is 51.4 Å². The number of aliphatic hydroxyl groups is 1. The van der Waals surface area contributed by atoms with Crippen molar-refractivity contribution in [3.05, 3.63) is 54.0 Å². The number of carbonyl (C=O) groups is 1. The molecular formula is C24H35N5O3. The van der Waals surface area contributed by atoms with Gasteiger partial charge in [0.15, 0.2) is 5.96 Å². The monoisotopic (exact) mass is 441 g/mol. The van der Waals surface area contributed by atoms with Crippen molar-refractivity contribution in [3.8, 4) is 0 Å². The molecule has 0 spiro atoms. The predicted octanol–water partition coefficient (Wildman–Crippen LogP) is 2.09. The number of rotatable bonds is 8. The van der Waals surface area contributed by atoms with Crippen LogP contribution >= 0.6 is 0 Å². The Morgan fingerprint density at radius 3 is 2.47 bits per heavy atom. The molecule has 3 N–H and O–H groups in total. The molecule has 3 rings (SSSR count). The standard InChI is InChI=1S/C24H35N5O3/c1-4-25-23(27-18-24(3,31)21-11-10-19(2)32-21)26-13-12-22(30)29-16-14-28(15-17-29)20-8-6-5-7-9-20/h5-11,31H,4,12-18H2,1-3H3,(H2,25,26,27). The van der Waals surface area contributed by atoms with E-state index in [1.54, 1.807) is 13.0 Å². The molecule has 1 unspecified atom stereocenters. The second-order valence-electron chi connectivity index (χ2n) is 8.26. The number of amides is 1. The number of nitrogens with one attached hydrogen (secondary N) is 2. The molecule has 32 heavy (non-hydrogen) atoms. The van der Waals surface area contributed by atoms with Gasteiger partial charge in [-0.05, 0) is 45.0 Å². The molecule has 0 saturated carbocycles. The number of carbonyl (C=O) groups excluding carboxylic acids is 1. The molecule has 1 amide bonds. The van der Waals surface area contributed by atoms with E-state index >= 15 is 0 Å². The van der Waals surface area contributed by atoms with Crippen LogP contribution in [-0.2, 0) is 10.4 Å². The Morgan fingerprint density at radius 1 is 1.12 bits per heavy atom. The molecule has 174 valence electrons. The molecule has 8 heteroatoms. The number of nitrogens with zero attached hydrogens (tertiary/aromatic N) is 3.